The Morgan fingerprint density at radius 2 is 1.75 bits per heavy atom. The van der Waals surface area contributed by atoms with Crippen molar-refractivity contribution < 1.29 is 8.42 Å². The summed E-state index contributed by atoms with van der Waals surface area (Å²) in [5, 5.41) is 3.31. The Morgan fingerprint density at radius 3 is 2.40 bits per heavy atom. The zero-order chi connectivity index (χ0) is 14.6. The summed E-state index contributed by atoms with van der Waals surface area (Å²) < 4.78 is 26.0. The second kappa shape index (κ2) is 7.26. The summed E-state index contributed by atoms with van der Waals surface area (Å²) in [4.78, 5) is 0. The maximum absolute atomic E-state index is 13.0. The van der Waals surface area contributed by atoms with Crippen LogP contribution in [0.4, 0.5) is 0 Å². The second-order valence-corrected chi connectivity index (χ2v) is 9.32. The van der Waals surface area contributed by atoms with Crippen LogP contribution in [0.25, 0.3) is 0 Å². The van der Waals surface area contributed by atoms with E-state index in [4.69, 9.17) is 0 Å². The van der Waals surface area contributed by atoms with Gasteiger partial charge < -0.3 is 5.32 Å². The fourth-order valence-electron chi connectivity index (χ4n) is 3.90. The molecule has 0 bridgehead atoms. The van der Waals surface area contributed by atoms with E-state index in [1.165, 1.54) is 6.42 Å². The summed E-state index contributed by atoms with van der Waals surface area (Å²) in [7, 11) is -2.96. The molecule has 3 atom stereocenters. The minimum absolute atomic E-state index is 0.0579. The largest absolute Gasteiger partial charge is 0.313 e. The normalized spacial score (nSPS) is 33.2. The van der Waals surface area contributed by atoms with E-state index >= 15 is 0 Å². The van der Waals surface area contributed by atoms with Gasteiger partial charge in [-0.2, -0.15) is 0 Å². The van der Waals surface area contributed by atoms with Gasteiger partial charge in [-0.3, -0.25) is 0 Å². The van der Waals surface area contributed by atoms with Crippen molar-refractivity contribution in [2.24, 2.45) is 5.92 Å². The van der Waals surface area contributed by atoms with Crippen LogP contribution in [0.5, 0.6) is 0 Å². The molecule has 20 heavy (non-hydrogen) atoms. The Balaban J connectivity index is 2.11. The molecular weight excluding hydrogens is 270 g/mol. The van der Waals surface area contributed by atoms with Crippen molar-refractivity contribution in [1.82, 2.24) is 5.32 Å². The third kappa shape index (κ3) is 3.76. The molecule has 0 saturated heterocycles. The van der Waals surface area contributed by atoms with Crippen LogP contribution in [0, 0.1) is 5.92 Å². The maximum Gasteiger partial charge on any atom is 0.157 e. The minimum Gasteiger partial charge on any atom is -0.313 e. The number of nitrogens with one attached hydrogen (secondary N) is 1. The van der Waals surface area contributed by atoms with Crippen LogP contribution in [-0.4, -0.2) is 31.5 Å². The zero-order valence-corrected chi connectivity index (χ0v) is 13.9. The molecule has 3 nitrogen and oxygen atoms in total. The molecule has 2 aliphatic rings. The van der Waals surface area contributed by atoms with Crippen LogP contribution in [0.3, 0.4) is 0 Å². The highest BCUT2D eigenvalue weighted by atomic mass is 32.2. The molecule has 3 unspecified atom stereocenters. The summed E-state index contributed by atoms with van der Waals surface area (Å²) in [5.41, 5.74) is 0. The lowest BCUT2D eigenvalue weighted by Gasteiger charge is -2.38. The first-order valence-electron chi connectivity index (χ1n) is 8.51. The summed E-state index contributed by atoms with van der Waals surface area (Å²) in [5.74, 6) is 0.554. The average Bonchev–Trinajstić information content (AvgIpc) is 2.47. The smallest absolute Gasteiger partial charge is 0.157 e. The molecule has 0 heterocycles. The predicted molar refractivity (Wildman–Crippen MR) is 84.7 cm³/mol. The lowest BCUT2D eigenvalue weighted by atomic mass is 9.87. The SMILES string of the molecule is CCCNC1CCC(C)CC1S(=O)(=O)C1CCCCC1. The highest BCUT2D eigenvalue weighted by Gasteiger charge is 2.41. The first-order chi connectivity index (χ1) is 9.55. The van der Waals surface area contributed by atoms with Crippen molar-refractivity contribution >= 4 is 9.84 Å². The fourth-order valence-corrected chi connectivity index (χ4v) is 6.67. The molecule has 0 radical (unpaired) electrons. The molecule has 0 spiro atoms. The molecule has 4 heteroatoms. The molecule has 0 aromatic rings. The maximum atomic E-state index is 13.0. The highest BCUT2D eigenvalue weighted by molar-refractivity contribution is 7.92. The topological polar surface area (TPSA) is 46.2 Å². The monoisotopic (exact) mass is 301 g/mol. The first-order valence-corrected chi connectivity index (χ1v) is 10.1. The van der Waals surface area contributed by atoms with Gasteiger partial charge in [0.25, 0.3) is 0 Å². The third-order valence-corrected chi connectivity index (χ3v) is 7.91. The van der Waals surface area contributed by atoms with E-state index in [0.717, 1.165) is 57.9 Å². The number of rotatable bonds is 5. The van der Waals surface area contributed by atoms with Crippen molar-refractivity contribution in [1.29, 1.82) is 0 Å². The minimum atomic E-state index is -2.96. The van der Waals surface area contributed by atoms with E-state index in [1.807, 2.05) is 0 Å². The zero-order valence-electron chi connectivity index (χ0n) is 13.1. The quantitative estimate of drug-likeness (QED) is 0.847. The number of hydrogen-bond donors (Lipinski definition) is 1. The molecule has 118 valence electrons. The summed E-state index contributed by atoms with van der Waals surface area (Å²) in [6.45, 7) is 5.29. The predicted octanol–water partition coefficient (Wildman–Crippen LogP) is 3.29. The van der Waals surface area contributed by atoms with Gasteiger partial charge in [0.1, 0.15) is 0 Å². The average molecular weight is 301 g/mol. The van der Waals surface area contributed by atoms with Crippen LogP contribution in [0.15, 0.2) is 0 Å². The van der Waals surface area contributed by atoms with Crippen molar-refractivity contribution in [3.63, 3.8) is 0 Å². The van der Waals surface area contributed by atoms with Gasteiger partial charge in [0.15, 0.2) is 9.84 Å². The fraction of sp³-hybridized carbons (Fsp3) is 1.00. The van der Waals surface area contributed by atoms with E-state index in [-0.39, 0.29) is 16.5 Å². The Kier molecular flexibility index (Phi) is 5.91. The third-order valence-electron chi connectivity index (χ3n) is 5.15. The van der Waals surface area contributed by atoms with Crippen LogP contribution in [0.2, 0.25) is 0 Å². The van der Waals surface area contributed by atoms with Gasteiger partial charge in [-0.05, 0) is 51.0 Å². The van der Waals surface area contributed by atoms with E-state index in [9.17, 15) is 8.42 Å². The van der Waals surface area contributed by atoms with Crippen molar-refractivity contribution in [3.05, 3.63) is 0 Å². The van der Waals surface area contributed by atoms with Gasteiger partial charge in [0, 0.05) is 6.04 Å². The van der Waals surface area contributed by atoms with Crippen LogP contribution < -0.4 is 5.32 Å². The lowest BCUT2D eigenvalue weighted by Crippen LogP contribution is -2.50. The van der Waals surface area contributed by atoms with E-state index in [2.05, 4.69) is 19.2 Å². The van der Waals surface area contributed by atoms with E-state index in [1.54, 1.807) is 0 Å². The molecule has 2 aliphatic carbocycles. The van der Waals surface area contributed by atoms with Gasteiger partial charge in [-0.1, -0.05) is 33.1 Å². The van der Waals surface area contributed by atoms with Crippen LogP contribution >= 0.6 is 0 Å². The van der Waals surface area contributed by atoms with Crippen LogP contribution in [-0.2, 0) is 9.84 Å². The molecule has 0 amide bonds. The van der Waals surface area contributed by atoms with E-state index < -0.39 is 9.84 Å². The Bertz CT molecular complexity index is 385. The molecule has 0 aromatic heterocycles. The molecular formula is C16H31NO2S. The Morgan fingerprint density at radius 1 is 1.05 bits per heavy atom. The van der Waals surface area contributed by atoms with Crippen LogP contribution in [0.1, 0.15) is 71.6 Å². The van der Waals surface area contributed by atoms with Gasteiger partial charge in [0.05, 0.1) is 10.5 Å². The molecule has 2 rings (SSSR count). The number of sulfone groups is 1. The second-order valence-electron chi connectivity index (χ2n) is 6.87. The van der Waals surface area contributed by atoms with Gasteiger partial charge >= 0.3 is 0 Å². The highest BCUT2D eigenvalue weighted by Crippen LogP contribution is 2.34. The van der Waals surface area contributed by atoms with Gasteiger partial charge in [-0.15, -0.1) is 0 Å². The summed E-state index contributed by atoms with van der Waals surface area (Å²) in [6.07, 6.45) is 9.32. The van der Waals surface area contributed by atoms with E-state index in [0.29, 0.717) is 5.92 Å². The molecule has 2 fully saturated rings. The van der Waals surface area contributed by atoms with Crippen molar-refractivity contribution in [2.45, 2.75) is 88.2 Å². The molecule has 0 aromatic carbocycles. The molecule has 1 N–H and O–H groups in total. The molecule has 2 saturated carbocycles. The Labute approximate surface area is 124 Å². The standard InChI is InChI=1S/C16H31NO2S/c1-3-11-17-15-10-9-13(2)12-16(15)20(18,19)14-7-5-4-6-8-14/h13-17H,3-12H2,1-2H3. The van der Waals surface area contributed by atoms with Gasteiger partial charge in [0.2, 0.25) is 0 Å². The number of hydrogen-bond acceptors (Lipinski definition) is 3. The Hall–Kier alpha value is -0.0900. The van der Waals surface area contributed by atoms with Crippen molar-refractivity contribution in [2.75, 3.05) is 6.54 Å². The summed E-state index contributed by atoms with van der Waals surface area (Å²) >= 11 is 0. The molecule has 0 aliphatic heterocycles. The lowest BCUT2D eigenvalue weighted by molar-refractivity contribution is 0.305. The summed E-state index contributed by atoms with van der Waals surface area (Å²) in [6, 6.07) is 0.193. The first kappa shape index (κ1) is 16.3. The van der Waals surface area contributed by atoms with Gasteiger partial charge in [-0.25, -0.2) is 8.42 Å². The van der Waals surface area contributed by atoms with Crippen molar-refractivity contribution in [3.8, 4) is 0 Å².